The molecule has 7 aromatic carbocycles. The summed E-state index contributed by atoms with van der Waals surface area (Å²) in [6.45, 7) is 0. The van der Waals surface area contributed by atoms with Crippen LogP contribution in [0.15, 0.2) is 188 Å². The van der Waals surface area contributed by atoms with Crippen molar-refractivity contribution in [3.8, 4) is 44.5 Å². The van der Waals surface area contributed by atoms with Gasteiger partial charge >= 0.3 is 0 Å². The molecule has 7 aromatic rings. The van der Waals surface area contributed by atoms with E-state index in [0.717, 1.165) is 17.1 Å². The van der Waals surface area contributed by atoms with Gasteiger partial charge in [-0.05, 0) is 80.9 Å². The topological polar surface area (TPSA) is 3.24 Å². The molecule has 43 heavy (non-hydrogen) atoms. The summed E-state index contributed by atoms with van der Waals surface area (Å²) in [5, 5.41) is 0. The summed E-state index contributed by atoms with van der Waals surface area (Å²) in [4.78, 5) is 2.35. The van der Waals surface area contributed by atoms with Gasteiger partial charge < -0.3 is 4.90 Å². The highest BCUT2D eigenvalue weighted by Gasteiger charge is 2.16. The van der Waals surface area contributed by atoms with E-state index in [0.29, 0.717) is 0 Å². The molecule has 0 radical (unpaired) electrons. The zero-order valence-corrected chi connectivity index (χ0v) is 23.8. The molecule has 0 fully saturated rings. The molecule has 0 heterocycles. The average Bonchev–Trinajstić information content (AvgIpc) is 3.10. The molecule has 0 amide bonds. The van der Waals surface area contributed by atoms with Gasteiger partial charge in [-0.1, -0.05) is 152 Å². The highest BCUT2D eigenvalue weighted by molar-refractivity contribution is 5.89. The summed E-state index contributed by atoms with van der Waals surface area (Å²) >= 11 is 0. The zero-order valence-electron chi connectivity index (χ0n) is 23.8. The third kappa shape index (κ3) is 5.49. The Bertz CT molecular complexity index is 1830. The maximum atomic E-state index is 2.35. The Morgan fingerprint density at radius 2 is 0.535 bits per heavy atom. The molecule has 1 heteroatoms. The fourth-order valence-corrected chi connectivity index (χ4v) is 5.86. The minimum Gasteiger partial charge on any atom is -0.310 e. The predicted octanol–water partition coefficient (Wildman–Crippen LogP) is 11.8. The summed E-state index contributed by atoms with van der Waals surface area (Å²) in [6, 6.07) is 67.0. The van der Waals surface area contributed by atoms with Crippen molar-refractivity contribution in [2.45, 2.75) is 0 Å². The summed E-state index contributed by atoms with van der Waals surface area (Å²) in [7, 11) is 0. The minimum atomic E-state index is 1.11. The molecule has 0 aliphatic rings. The van der Waals surface area contributed by atoms with Crippen LogP contribution in [-0.4, -0.2) is 0 Å². The third-order valence-corrected chi connectivity index (χ3v) is 7.87. The van der Waals surface area contributed by atoms with Crippen LogP contribution in [0.5, 0.6) is 0 Å². The van der Waals surface area contributed by atoms with Crippen LogP contribution >= 0.6 is 0 Å². The third-order valence-electron chi connectivity index (χ3n) is 7.87. The van der Waals surface area contributed by atoms with Crippen molar-refractivity contribution in [2.75, 3.05) is 4.90 Å². The van der Waals surface area contributed by atoms with E-state index in [9.17, 15) is 0 Å². The van der Waals surface area contributed by atoms with Crippen molar-refractivity contribution in [3.05, 3.63) is 188 Å². The van der Waals surface area contributed by atoms with Crippen LogP contribution in [-0.2, 0) is 0 Å². The Labute approximate surface area is 254 Å². The SMILES string of the molecule is c1ccc(-c2ccccc2-c2cccc(N(c3ccccc3)c3cccc(-c4ccccc4-c4ccccc4)c3)c2)cc1. The first kappa shape index (κ1) is 26.3. The number of anilines is 3. The quantitative estimate of drug-likeness (QED) is 0.191. The number of para-hydroxylation sites is 1. The Hall–Kier alpha value is -5.66. The monoisotopic (exact) mass is 549 g/mol. The molecule has 0 atom stereocenters. The normalized spacial score (nSPS) is 10.8. The van der Waals surface area contributed by atoms with E-state index in [1.807, 2.05) is 0 Å². The standard InChI is InChI=1S/C42H31N/c1-4-16-32(17-5-1)39-26-10-12-28-41(39)34-20-14-24-37(30-34)43(36-22-8-3-9-23-36)38-25-15-21-35(31-38)42-29-13-11-27-40(42)33-18-6-2-7-19-33/h1-31H. The fraction of sp³-hybridized carbons (Fsp3) is 0. The lowest BCUT2D eigenvalue weighted by Gasteiger charge is -2.27. The summed E-state index contributed by atoms with van der Waals surface area (Å²) in [5.74, 6) is 0. The van der Waals surface area contributed by atoms with Crippen LogP contribution in [0.1, 0.15) is 0 Å². The maximum Gasteiger partial charge on any atom is 0.0467 e. The molecular weight excluding hydrogens is 518 g/mol. The Balaban J connectivity index is 1.35. The molecule has 1 nitrogen and oxygen atoms in total. The smallest absolute Gasteiger partial charge is 0.0467 e. The van der Waals surface area contributed by atoms with E-state index in [4.69, 9.17) is 0 Å². The van der Waals surface area contributed by atoms with Gasteiger partial charge in [-0.2, -0.15) is 0 Å². The van der Waals surface area contributed by atoms with Crippen molar-refractivity contribution in [3.63, 3.8) is 0 Å². The second kappa shape index (κ2) is 12.1. The second-order valence-electron chi connectivity index (χ2n) is 10.6. The first-order chi connectivity index (χ1) is 21.3. The van der Waals surface area contributed by atoms with E-state index < -0.39 is 0 Å². The maximum absolute atomic E-state index is 2.35. The van der Waals surface area contributed by atoms with Gasteiger partial charge in [-0.15, -0.1) is 0 Å². The lowest BCUT2D eigenvalue weighted by molar-refractivity contribution is 1.28. The minimum absolute atomic E-state index is 1.11. The summed E-state index contributed by atoms with van der Waals surface area (Å²) in [5.41, 5.74) is 13.0. The van der Waals surface area contributed by atoms with Gasteiger partial charge in [0.05, 0.1) is 0 Å². The van der Waals surface area contributed by atoms with Gasteiger partial charge in [0, 0.05) is 17.1 Å². The molecular formula is C42H31N. The van der Waals surface area contributed by atoms with Crippen LogP contribution in [0.25, 0.3) is 44.5 Å². The van der Waals surface area contributed by atoms with Gasteiger partial charge in [-0.25, -0.2) is 0 Å². The molecule has 0 aliphatic carbocycles. The van der Waals surface area contributed by atoms with Crippen molar-refractivity contribution in [2.24, 2.45) is 0 Å². The van der Waals surface area contributed by atoms with Crippen molar-refractivity contribution >= 4 is 17.1 Å². The van der Waals surface area contributed by atoms with Gasteiger partial charge in [-0.3, -0.25) is 0 Å². The fourth-order valence-electron chi connectivity index (χ4n) is 5.86. The Morgan fingerprint density at radius 3 is 0.953 bits per heavy atom. The van der Waals surface area contributed by atoms with E-state index in [1.54, 1.807) is 0 Å². The zero-order chi connectivity index (χ0) is 28.8. The highest BCUT2D eigenvalue weighted by atomic mass is 15.1. The number of rotatable bonds is 7. The largest absolute Gasteiger partial charge is 0.310 e. The Kier molecular flexibility index (Phi) is 7.36. The second-order valence-corrected chi connectivity index (χ2v) is 10.6. The van der Waals surface area contributed by atoms with Crippen molar-refractivity contribution in [1.82, 2.24) is 0 Å². The van der Waals surface area contributed by atoms with Gasteiger partial charge in [0.1, 0.15) is 0 Å². The van der Waals surface area contributed by atoms with E-state index in [1.165, 1.54) is 44.5 Å². The summed E-state index contributed by atoms with van der Waals surface area (Å²) < 4.78 is 0. The lowest BCUT2D eigenvalue weighted by atomic mass is 9.93. The number of hydrogen-bond donors (Lipinski definition) is 0. The van der Waals surface area contributed by atoms with Gasteiger partial charge in [0.25, 0.3) is 0 Å². The molecule has 0 N–H and O–H groups in total. The highest BCUT2D eigenvalue weighted by Crippen LogP contribution is 2.41. The van der Waals surface area contributed by atoms with Crippen LogP contribution in [0.4, 0.5) is 17.1 Å². The van der Waals surface area contributed by atoms with Crippen LogP contribution in [0.3, 0.4) is 0 Å². The number of benzene rings is 7. The first-order valence-corrected chi connectivity index (χ1v) is 14.7. The number of nitrogens with zero attached hydrogens (tertiary/aromatic N) is 1. The van der Waals surface area contributed by atoms with Crippen molar-refractivity contribution < 1.29 is 0 Å². The lowest BCUT2D eigenvalue weighted by Crippen LogP contribution is -2.10. The van der Waals surface area contributed by atoms with Crippen LogP contribution in [0.2, 0.25) is 0 Å². The van der Waals surface area contributed by atoms with E-state index in [2.05, 4.69) is 193 Å². The molecule has 0 spiro atoms. The average molecular weight is 550 g/mol. The molecule has 0 saturated heterocycles. The van der Waals surface area contributed by atoms with Crippen molar-refractivity contribution in [1.29, 1.82) is 0 Å². The van der Waals surface area contributed by atoms with E-state index >= 15 is 0 Å². The summed E-state index contributed by atoms with van der Waals surface area (Å²) in [6.07, 6.45) is 0. The molecule has 0 aromatic heterocycles. The van der Waals surface area contributed by atoms with E-state index in [-0.39, 0.29) is 0 Å². The molecule has 0 aliphatic heterocycles. The molecule has 7 rings (SSSR count). The molecule has 0 bridgehead atoms. The van der Waals surface area contributed by atoms with Gasteiger partial charge in [0.2, 0.25) is 0 Å². The molecule has 0 saturated carbocycles. The predicted molar refractivity (Wildman–Crippen MR) is 183 cm³/mol. The van der Waals surface area contributed by atoms with Gasteiger partial charge in [0.15, 0.2) is 0 Å². The van der Waals surface area contributed by atoms with Crippen LogP contribution in [0, 0.1) is 0 Å². The molecule has 0 unspecified atom stereocenters. The Morgan fingerprint density at radius 1 is 0.233 bits per heavy atom. The van der Waals surface area contributed by atoms with Crippen LogP contribution < -0.4 is 4.90 Å². The molecule has 204 valence electrons. The first-order valence-electron chi connectivity index (χ1n) is 14.7. The number of hydrogen-bond acceptors (Lipinski definition) is 1.